The van der Waals surface area contributed by atoms with Crippen LogP contribution in [0.5, 0.6) is 5.75 Å². The molecule has 2 N–H and O–H groups in total. The summed E-state index contributed by atoms with van der Waals surface area (Å²) in [5.41, 5.74) is 2.27. The Hall–Kier alpha value is -3.30. The molecule has 4 rings (SSSR count). The number of carbonyl (C=O) groups is 2. The second-order valence-corrected chi connectivity index (χ2v) is 9.58. The van der Waals surface area contributed by atoms with E-state index < -0.39 is 5.25 Å². The molecule has 0 fully saturated rings. The molecule has 4 aromatic rings. The molecule has 2 aromatic heterocycles. The molecule has 32 heavy (non-hydrogen) atoms. The highest BCUT2D eigenvalue weighted by molar-refractivity contribution is 8.00. The molecule has 2 heterocycles. The van der Waals surface area contributed by atoms with Gasteiger partial charge in [-0.2, -0.15) is 0 Å². The Labute approximate surface area is 191 Å². The van der Waals surface area contributed by atoms with Gasteiger partial charge in [0.25, 0.3) is 0 Å². The van der Waals surface area contributed by atoms with Crippen LogP contribution in [0.25, 0.3) is 21.3 Å². The van der Waals surface area contributed by atoms with Gasteiger partial charge in [-0.25, -0.2) is 14.4 Å². The first-order chi connectivity index (χ1) is 15.4. The first-order valence-electron chi connectivity index (χ1n) is 9.63. The fourth-order valence-corrected chi connectivity index (χ4v) is 5.26. The number of halogens is 1. The highest BCUT2D eigenvalue weighted by atomic mass is 32.2. The van der Waals surface area contributed by atoms with Gasteiger partial charge in [-0.15, -0.1) is 11.3 Å². The van der Waals surface area contributed by atoms with Gasteiger partial charge in [0.2, 0.25) is 5.91 Å². The average Bonchev–Trinajstić information content (AvgIpc) is 3.12. The number of carbonyl (C=O) groups excluding carboxylic acids is 2. The predicted octanol–water partition coefficient (Wildman–Crippen LogP) is 5.44. The summed E-state index contributed by atoms with van der Waals surface area (Å²) in [5.74, 6) is -0.794. The molecule has 0 saturated carbocycles. The van der Waals surface area contributed by atoms with Crippen LogP contribution in [0.2, 0.25) is 0 Å². The van der Waals surface area contributed by atoms with Crippen molar-refractivity contribution in [2.24, 2.45) is 0 Å². The van der Waals surface area contributed by atoms with Crippen LogP contribution in [-0.2, 0) is 4.79 Å². The summed E-state index contributed by atoms with van der Waals surface area (Å²) >= 11 is 2.77. The summed E-state index contributed by atoms with van der Waals surface area (Å²) in [4.78, 5) is 34.4. The van der Waals surface area contributed by atoms with Crippen LogP contribution in [-0.4, -0.2) is 32.5 Å². The van der Waals surface area contributed by atoms with Gasteiger partial charge in [-0.1, -0.05) is 23.9 Å². The second-order valence-electron chi connectivity index (χ2n) is 7.04. The number of benzene rings is 2. The van der Waals surface area contributed by atoms with Crippen molar-refractivity contribution in [2.45, 2.75) is 24.1 Å². The maximum Gasteiger partial charge on any atom is 0.237 e. The van der Waals surface area contributed by atoms with E-state index in [1.807, 2.05) is 6.92 Å². The number of phenols is 1. The minimum absolute atomic E-state index is 0.127. The Balaban J connectivity index is 1.65. The van der Waals surface area contributed by atoms with E-state index in [0.29, 0.717) is 16.9 Å². The quantitative estimate of drug-likeness (QED) is 0.170. The van der Waals surface area contributed by atoms with E-state index in [1.165, 1.54) is 59.8 Å². The number of fused-ring (bicyclic) bond motifs is 1. The zero-order chi connectivity index (χ0) is 22.8. The van der Waals surface area contributed by atoms with Gasteiger partial charge in [0.15, 0.2) is 0 Å². The second kappa shape index (κ2) is 9.05. The molecule has 0 bridgehead atoms. The van der Waals surface area contributed by atoms with E-state index in [-0.39, 0.29) is 23.2 Å². The number of aromatic nitrogens is 2. The van der Waals surface area contributed by atoms with Crippen molar-refractivity contribution in [3.63, 3.8) is 0 Å². The van der Waals surface area contributed by atoms with Crippen LogP contribution >= 0.6 is 23.1 Å². The van der Waals surface area contributed by atoms with Gasteiger partial charge >= 0.3 is 0 Å². The van der Waals surface area contributed by atoms with Crippen LogP contribution in [0.1, 0.15) is 22.2 Å². The zero-order valence-corrected chi connectivity index (χ0v) is 18.8. The molecule has 0 aliphatic rings. The Kier molecular flexibility index (Phi) is 6.20. The number of hydrogen-bond acceptors (Lipinski definition) is 7. The molecule has 1 amide bonds. The van der Waals surface area contributed by atoms with E-state index in [4.69, 9.17) is 0 Å². The minimum atomic E-state index is -0.561. The first-order valence-corrected chi connectivity index (χ1v) is 11.3. The number of aldehydes is 1. The molecule has 1 unspecified atom stereocenters. The predicted molar refractivity (Wildman–Crippen MR) is 125 cm³/mol. The SMILES string of the molecule is Cc1sc2ncnc(SC(C)C(=O)Nc3cc(C=O)ccc3O)c2c1-c1ccc(F)cc1. The smallest absolute Gasteiger partial charge is 0.237 e. The van der Waals surface area contributed by atoms with Crippen molar-refractivity contribution in [3.8, 4) is 16.9 Å². The largest absolute Gasteiger partial charge is 0.506 e. The molecule has 0 spiro atoms. The van der Waals surface area contributed by atoms with Crippen LogP contribution in [0.4, 0.5) is 10.1 Å². The normalized spacial score (nSPS) is 12.0. The Morgan fingerprint density at radius 2 is 1.97 bits per heavy atom. The number of thiophene rings is 1. The van der Waals surface area contributed by atoms with Crippen molar-refractivity contribution >= 4 is 51.2 Å². The van der Waals surface area contributed by atoms with Crippen molar-refractivity contribution in [2.75, 3.05) is 5.32 Å². The number of nitrogens with zero attached hydrogens (tertiary/aromatic N) is 2. The molecule has 6 nitrogen and oxygen atoms in total. The molecule has 0 aliphatic heterocycles. The lowest BCUT2D eigenvalue weighted by molar-refractivity contribution is -0.115. The fraction of sp³-hybridized carbons (Fsp3) is 0.130. The molecule has 1 atom stereocenters. The van der Waals surface area contributed by atoms with Crippen LogP contribution in [0.15, 0.2) is 53.8 Å². The van der Waals surface area contributed by atoms with Gasteiger partial charge < -0.3 is 10.4 Å². The molecule has 0 aliphatic carbocycles. The van der Waals surface area contributed by atoms with Gasteiger partial charge in [0.1, 0.15) is 34.0 Å². The minimum Gasteiger partial charge on any atom is -0.506 e. The summed E-state index contributed by atoms with van der Waals surface area (Å²) in [5, 5.41) is 13.5. The summed E-state index contributed by atoms with van der Waals surface area (Å²) < 4.78 is 13.4. The third kappa shape index (κ3) is 4.35. The lowest BCUT2D eigenvalue weighted by atomic mass is 10.0. The van der Waals surface area contributed by atoms with Crippen LogP contribution in [0.3, 0.4) is 0 Å². The number of aromatic hydroxyl groups is 1. The van der Waals surface area contributed by atoms with Gasteiger partial charge in [-0.3, -0.25) is 9.59 Å². The maximum absolute atomic E-state index is 13.4. The molecule has 0 saturated heterocycles. The number of amides is 1. The molecule has 0 radical (unpaired) electrons. The van der Waals surface area contributed by atoms with Crippen molar-refractivity contribution in [1.29, 1.82) is 0 Å². The third-order valence-electron chi connectivity index (χ3n) is 4.83. The molecule has 9 heteroatoms. The summed E-state index contributed by atoms with van der Waals surface area (Å²) in [7, 11) is 0. The van der Waals surface area contributed by atoms with Gasteiger partial charge in [-0.05, 0) is 49.7 Å². The van der Waals surface area contributed by atoms with E-state index >= 15 is 0 Å². The fourth-order valence-electron chi connectivity index (χ4n) is 3.25. The van der Waals surface area contributed by atoms with Gasteiger partial charge in [0, 0.05) is 16.0 Å². The van der Waals surface area contributed by atoms with Crippen LogP contribution < -0.4 is 5.32 Å². The summed E-state index contributed by atoms with van der Waals surface area (Å²) in [6, 6.07) is 10.5. The number of anilines is 1. The molecule has 162 valence electrons. The van der Waals surface area contributed by atoms with Crippen molar-refractivity contribution in [1.82, 2.24) is 9.97 Å². The van der Waals surface area contributed by atoms with E-state index in [2.05, 4.69) is 15.3 Å². The highest BCUT2D eigenvalue weighted by Gasteiger charge is 2.22. The first kappa shape index (κ1) is 21.9. The number of aryl methyl sites for hydroxylation is 1. The Morgan fingerprint density at radius 3 is 2.69 bits per heavy atom. The maximum atomic E-state index is 13.4. The van der Waals surface area contributed by atoms with E-state index in [9.17, 15) is 19.1 Å². The zero-order valence-electron chi connectivity index (χ0n) is 17.1. The van der Waals surface area contributed by atoms with E-state index in [0.717, 1.165) is 26.2 Å². The molecular formula is C23H18FN3O3S2. The van der Waals surface area contributed by atoms with Crippen molar-refractivity contribution in [3.05, 3.63) is 65.0 Å². The third-order valence-corrected chi connectivity index (χ3v) is 6.95. The topological polar surface area (TPSA) is 92.2 Å². The molecular weight excluding hydrogens is 449 g/mol. The number of rotatable bonds is 6. The number of nitrogens with one attached hydrogen (secondary N) is 1. The lowest BCUT2D eigenvalue weighted by Crippen LogP contribution is -2.22. The number of phenolic OH excluding ortho intramolecular Hbond substituents is 1. The van der Waals surface area contributed by atoms with E-state index in [1.54, 1.807) is 19.1 Å². The standard InChI is InChI=1S/C23H18FN3O3S2/c1-12-19(15-4-6-16(24)7-5-15)20-22(31-12)25-11-26-23(20)32-13(2)21(30)27-17-9-14(10-28)3-8-18(17)29/h3-11,13,29H,1-2H3,(H,27,30). The number of thioether (sulfide) groups is 1. The molecule has 2 aromatic carbocycles. The summed E-state index contributed by atoms with van der Waals surface area (Å²) in [6.07, 6.45) is 2.10. The average molecular weight is 468 g/mol. The van der Waals surface area contributed by atoms with Crippen LogP contribution in [0, 0.1) is 12.7 Å². The van der Waals surface area contributed by atoms with Crippen molar-refractivity contribution < 1.29 is 19.1 Å². The number of hydrogen-bond donors (Lipinski definition) is 2. The summed E-state index contributed by atoms with van der Waals surface area (Å²) in [6.45, 7) is 3.70. The Bertz CT molecular complexity index is 1320. The Morgan fingerprint density at radius 1 is 1.22 bits per heavy atom. The monoisotopic (exact) mass is 467 g/mol. The van der Waals surface area contributed by atoms with Gasteiger partial charge in [0.05, 0.1) is 16.3 Å². The highest BCUT2D eigenvalue weighted by Crippen LogP contribution is 2.42. The lowest BCUT2D eigenvalue weighted by Gasteiger charge is -2.14.